The topological polar surface area (TPSA) is 107 Å². The number of halogens is 1. The molecule has 8 nitrogen and oxygen atoms in total. The Morgan fingerprint density at radius 3 is 2.65 bits per heavy atom. The van der Waals surface area contributed by atoms with Gasteiger partial charge in [-0.05, 0) is 24.1 Å². The molecule has 2 fully saturated rings. The van der Waals surface area contributed by atoms with E-state index >= 15 is 0 Å². The maximum atomic E-state index is 12.9. The Balaban J connectivity index is 1.80. The second kappa shape index (κ2) is 6.96. The van der Waals surface area contributed by atoms with Gasteiger partial charge in [-0.25, -0.2) is 4.79 Å². The van der Waals surface area contributed by atoms with Crippen LogP contribution in [0.25, 0.3) is 0 Å². The van der Waals surface area contributed by atoms with Gasteiger partial charge >= 0.3 is 5.97 Å². The number of nitro benzene ring substituents is 1. The van der Waals surface area contributed by atoms with Crippen molar-refractivity contribution >= 4 is 40.0 Å². The minimum Gasteiger partial charge on any atom is -0.458 e. The summed E-state index contributed by atoms with van der Waals surface area (Å²) >= 11 is 6.37. The normalized spacial score (nSPS) is 28.2. The lowest BCUT2D eigenvalue weighted by Gasteiger charge is -2.44. The first-order valence-corrected chi connectivity index (χ1v) is 9.83. The van der Waals surface area contributed by atoms with E-state index in [1.54, 1.807) is 6.92 Å². The number of non-ortho nitro benzene ring substituents is 1. The van der Waals surface area contributed by atoms with E-state index in [1.165, 1.54) is 29.2 Å². The van der Waals surface area contributed by atoms with Crippen molar-refractivity contribution in [1.29, 1.82) is 0 Å². The first-order chi connectivity index (χ1) is 12.3. The van der Waals surface area contributed by atoms with Gasteiger partial charge in [0.1, 0.15) is 6.61 Å². The van der Waals surface area contributed by atoms with Crippen molar-refractivity contribution in [3.63, 3.8) is 0 Å². The lowest BCUT2D eigenvalue weighted by Crippen LogP contribution is -2.66. The molecule has 2 aliphatic rings. The van der Waals surface area contributed by atoms with Gasteiger partial charge in [-0.1, -0.05) is 6.92 Å². The van der Waals surface area contributed by atoms with E-state index in [2.05, 4.69) is 0 Å². The van der Waals surface area contributed by atoms with Crippen molar-refractivity contribution in [2.75, 3.05) is 5.75 Å². The Morgan fingerprint density at radius 2 is 2.12 bits per heavy atom. The fourth-order valence-corrected chi connectivity index (χ4v) is 5.67. The summed E-state index contributed by atoms with van der Waals surface area (Å²) in [4.78, 5) is 34.7. The number of hydrogen-bond donors (Lipinski definition) is 0. The molecule has 1 amide bonds. The summed E-state index contributed by atoms with van der Waals surface area (Å²) in [5.41, 5.74) is 0.464. The smallest absolute Gasteiger partial charge is 0.347 e. The molecule has 0 radical (unpaired) electrons. The molecule has 0 saturated carbocycles. The molecule has 140 valence electrons. The molecule has 4 atom stereocenters. The summed E-state index contributed by atoms with van der Waals surface area (Å²) in [6, 6.07) is 5.36. The molecule has 3 rings (SSSR count). The van der Waals surface area contributed by atoms with Crippen molar-refractivity contribution < 1.29 is 23.5 Å². The van der Waals surface area contributed by atoms with E-state index in [0.29, 0.717) is 18.4 Å². The summed E-state index contributed by atoms with van der Waals surface area (Å²) in [7, 11) is -1.70. The summed E-state index contributed by atoms with van der Waals surface area (Å²) in [6.45, 7) is 1.50. The number of ether oxygens (including phenoxy) is 1. The van der Waals surface area contributed by atoms with Gasteiger partial charge in [0.15, 0.2) is 0 Å². The molecule has 2 aliphatic heterocycles. The van der Waals surface area contributed by atoms with Crippen LogP contribution in [0.2, 0.25) is 0 Å². The van der Waals surface area contributed by atoms with Crippen LogP contribution in [0, 0.1) is 10.1 Å². The van der Waals surface area contributed by atoms with Crippen molar-refractivity contribution in [2.24, 2.45) is 0 Å². The minimum absolute atomic E-state index is 0.0748. The Kier molecular flexibility index (Phi) is 5.03. The summed E-state index contributed by atoms with van der Waals surface area (Å²) in [5.74, 6) is -0.898. The average molecular weight is 401 g/mol. The fourth-order valence-electron chi connectivity index (χ4n) is 3.43. The van der Waals surface area contributed by atoms with Crippen LogP contribution in [0.3, 0.4) is 0 Å². The summed E-state index contributed by atoms with van der Waals surface area (Å²) in [5, 5.41) is 9.89. The number of alkyl halides is 1. The van der Waals surface area contributed by atoms with E-state index in [9.17, 15) is 23.9 Å². The van der Waals surface area contributed by atoms with Crippen LogP contribution in [0.4, 0.5) is 5.69 Å². The van der Waals surface area contributed by atoms with Crippen molar-refractivity contribution in [3.8, 4) is 0 Å². The van der Waals surface area contributed by atoms with Gasteiger partial charge in [0.05, 0.1) is 21.1 Å². The third kappa shape index (κ3) is 2.79. The number of nitro groups is 1. The van der Waals surface area contributed by atoms with E-state index in [0.717, 1.165) is 0 Å². The SMILES string of the molecule is CCS(=O)C1(C(=O)OCc2ccc([N+](=O)[O-])cc2)C(Cl)CC2CC(=O)N21. The lowest BCUT2D eigenvalue weighted by atomic mass is 10.0. The molecule has 0 aromatic heterocycles. The van der Waals surface area contributed by atoms with Gasteiger partial charge < -0.3 is 9.64 Å². The zero-order valence-corrected chi connectivity index (χ0v) is 15.5. The molecule has 0 spiro atoms. The first kappa shape index (κ1) is 18.8. The molecule has 0 aliphatic carbocycles. The number of hydrogen-bond acceptors (Lipinski definition) is 6. The van der Waals surface area contributed by atoms with Gasteiger partial charge in [-0.2, -0.15) is 0 Å². The van der Waals surface area contributed by atoms with Crippen molar-refractivity contribution in [2.45, 2.75) is 42.7 Å². The first-order valence-electron chi connectivity index (χ1n) is 8.07. The number of amides is 1. The minimum atomic E-state index is -1.70. The molecule has 2 saturated heterocycles. The quantitative estimate of drug-likeness (QED) is 0.236. The van der Waals surface area contributed by atoms with Crippen LogP contribution in [-0.2, 0) is 31.7 Å². The predicted octanol–water partition coefficient (Wildman–Crippen LogP) is 1.71. The largest absolute Gasteiger partial charge is 0.458 e. The van der Waals surface area contributed by atoms with Gasteiger partial charge in [0, 0.05) is 30.3 Å². The standard InChI is InChI=1S/C16H17ClN2O6S/c1-2-26(24)16(13(17)7-12-8-14(20)18(12)16)15(21)25-9-10-3-5-11(6-4-10)19(22)23/h3-6,12-13H,2,7-9H2,1H3. The third-order valence-electron chi connectivity index (χ3n) is 4.72. The third-order valence-corrected chi connectivity index (χ3v) is 7.21. The Bertz CT molecular complexity index is 785. The monoisotopic (exact) mass is 400 g/mol. The molecule has 26 heavy (non-hydrogen) atoms. The molecular formula is C16H17ClN2O6S. The van der Waals surface area contributed by atoms with Crippen molar-refractivity contribution in [3.05, 3.63) is 39.9 Å². The van der Waals surface area contributed by atoms with Crippen LogP contribution in [-0.4, -0.2) is 48.0 Å². The fraction of sp³-hybridized carbons (Fsp3) is 0.500. The second-order valence-corrected chi connectivity index (χ2v) is 8.57. The number of β-lactam (4-membered cyclic amide) rings is 1. The molecule has 4 unspecified atom stereocenters. The number of esters is 1. The molecule has 10 heteroatoms. The van der Waals surface area contributed by atoms with Gasteiger partial charge in [-0.15, -0.1) is 11.6 Å². The van der Waals surface area contributed by atoms with E-state index in [1.807, 2.05) is 0 Å². The molecule has 1 aromatic rings. The zero-order chi connectivity index (χ0) is 19.1. The number of carbonyl (C=O) groups excluding carboxylic acids is 2. The van der Waals surface area contributed by atoms with Crippen LogP contribution < -0.4 is 0 Å². The summed E-state index contributed by atoms with van der Waals surface area (Å²) in [6.07, 6.45) is 0.688. The van der Waals surface area contributed by atoms with Gasteiger partial charge in [0.25, 0.3) is 5.69 Å². The van der Waals surface area contributed by atoms with E-state index in [-0.39, 0.29) is 30.0 Å². The lowest BCUT2D eigenvalue weighted by molar-refractivity contribution is -0.384. The maximum Gasteiger partial charge on any atom is 0.347 e. The second-order valence-electron chi connectivity index (χ2n) is 6.16. The van der Waals surface area contributed by atoms with Crippen LogP contribution in [0.5, 0.6) is 0 Å². The maximum absolute atomic E-state index is 12.9. The molecule has 2 heterocycles. The Hall–Kier alpha value is -2.00. The molecule has 0 N–H and O–H groups in total. The van der Waals surface area contributed by atoms with E-state index in [4.69, 9.17) is 16.3 Å². The van der Waals surface area contributed by atoms with Gasteiger partial charge in [0.2, 0.25) is 10.8 Å². The van der Waals surface area contributed by atoms with Crippen LogP contribution in [0.1, 0.15) is 25.3 Å². The highest BCUT2D eigenvalue weighted by molar-refractivity contribution is 7.87. The number of benzene rings is 1. The number of nitrogens with zero attached hydrogens (tertiary/aromatic N) is 2. The number of carbonyl (C=O) groups is 2. The highest BCUT2D eigenvalue weighted by Crippen LogP contribution is 2.48. The average Bonchev–Trinajstić information content (AvgIpc) is 2.87. The zero-order valence-electron chi connectivity index (χ0n) is 13.9. The highest BCUT2D eigenvalue weighted by Gasteiger charge is 2.68. The summed E-state index contributed by atoms with van der Waals surface area (Å²) < 4.78 is 18.0. The number of rotatable bonds is 6. The Labute approximate surface area is 157 Å². The molecule has 0 bridgehead atoms. The highest BCUT2D eigenvalue weighted by atomic mass is 35.5. The van der Waals surface area contributed by atoms with Crippen LogP contribution >= 0.6 is 11.6 Å². The van der Waals surface area contributed by atoms with Gasteiger partial charge in [-0.3, -0.25) is 19.1 Å². The van der Waals surface area contributed by atoms with Crippen molar-refractivity contribution in [1.82, 2.24) is 4.90 Å². The predicted molar refractivity (Wildman–Crippen MR) is 93.8 cm³/mol. The van der Waals surface area contributed by atoms with E-state index < -0.39 is 31.9 Å². The molecular weight excluding hydrogens is 384 g/mol. The Morgan fingerprint density at radius 1 is 1.46 bits per heavy atom. The number of fused-ring (bicyclic) bond motifs is 1. The van der Waals surface area contributed by atoms with Crippen LogP contribution in [0.15, 0.2) is 24.3 Å². The molecule has 1 aromatic carbocycles.